The first kappa shape index (κ1) is 30.5. The zero-order valence-corrected chi connectivity index (χ0v) is 21.2. The first-order chi connectivity index (χ1) is 16.2. The number of carbonyl (C=O) groups excluding carboxylic acids is 4. The van der Waals surface area contributed by atoms with Crippen LogP contribution < -0.4 is 16.0 Å². The molecule has 2 rings (SSSR count). The second-order valence-corrected chi connectivity index (χ2v) is 8.27. The third-order valence-electron chi connectivity index (χ3n) is 3.79. The molecule has 0 aliphatic rings. The predicted octanol–water partition coefficient (Wildman–Crippen LogP) is 3.98. The molecule has 1 atom stereocenters. The van der Waals surface area contributed by atoms with E-state index in [1.807, 2.05) is 42.5 Å². The highest BCUT2D eigenvalue weighted by Crippen LogP contribution is 2.19. The maximum Gasteiger partial charge on any atom is 0.251 e. The maximum absolute atomic E-state index is 12.1. The Balaban J connectivity index is 0.00000137. The molecule has 3 amide bonds. The van der Waals surface area contributed by atoms with Gasteiger partial charge in [-0.1, -0.05) is 83.5 Å². The molecule has 0 bridgehead atoms. The molecule has 2 aromatic rings. The Morgan fingerprint density at radius 1 is 0.824 bits per heavy atom. The topological polar surface area (TPSA) is 104 Å². The molecule has 0 fully saturated rings. The molecule has 7 nitrogen and oxygen atoms in total. The number of amides is 3. The van der Waals surface area contributed by atoms with Gasteiger partial charge in [0.25, 0.3) is 5.91 Å². The summed E-state index contributed by atoms with van der Waals surface area (Å²) in [4.78, 5) is 45.8. The SMILES string of the molecule is CC(C)C.CC(NC(=O)CNC(=O)c1ccc(-c2ccccc2)cc1)C(=O)NCC=O.CCC. The van der Waals surface area contributed by atoms with E-state index in [9.17, 15) is 19.2 Å². The third kappa shape index (κ3) is 13.8. The molecule has 2 aromatic carbocycles. The molecule has 0 aliphatic carbocycles. The number of hydrogen-bond donors (Lipinski definition) is 3. The molecule has 0 heterocycles. The Bertz CT molecular complexity index is 862. The fourth-order valence-electron chi connectivity index (χ4n) is 2.36. The zero-order chi connectivity index (χ0) is 25.9. The molecule has 0 aliphatic heterocycles. The van der Waals surface area contributed by atoms with Crippen LogP contribution in [0.3, 0.4) is 0 Å². The van der Waals surface area contributed by atoms with Crippen molar-refractivity contribution in [1.82, 2.24) is 16.0 Å². The first-order valence-corrected chi connectivity index (χ1v) is 11.6. The second-order valence-electron chi connectivity index (χ2n) is 8.27. The standard InChI is InChI=1S/C20H21N3O4.C4H10.C3H8/c1-14(19(26)21-11-12-24)23-18(25)13-22-20(27)17-9-7-16(8-10-17)15-5-3-2-4-6-15;1-4(2)3;1-3-2/h2-10,12,14H,11,13H2,1H3,(H,21,26)(H,22,27)(H,23,25);4H,1-3H3;3H2,1-2H3. The molecule has 0 saturated heterocycles. The largest absolute Gasteiger partial charge is 0.348 e. The monoisotopic (exact) mass is 469 g/mol. The number of carbonyl (C=O) groups is 4. The number of hydrogen-bond acceptors (Lipinski definition) is 4. The van der Waals surface area contributed by atoms with Gasteiger partial charge in [0.05, 0.1) is 13.1 Å². The zero-order valence-electron chi connectivity index (χ0n) is 21.2. The van der Waals surface area contributed by atoms with Gasteiger partial charge in [-0.2, -0.15) is 0 Å². The average molecular weight is 470 g/mol. The minimum atomic E-state index is -0.806. The molecular weight excluding hydrogens is 430 g/mol. The Morgan fingerprint density at radius 3 is 1.82 bits per heavy atom. The summed E-state index contributed by atoms with van der Waals surface area (Å²) in [5.74, 6) is -0.529. The molecule has 0 radical (unpaired) electrons. The molecule has 0 spiro atoms. The van der Waals surface area contributed by atoms with E-state index >= 15 is 0 Å². The van der Waals surface area contributed by atoms with Crippen LogP contribution in [0.4, 0.5) is 0 Å². The molecule has 34 heavy (non-hydrogen) atoms. The van der Waals surface area contributed by atoms with E-state index in [1.165, 1.54) is 13.3 Å². The Hall–Kier alpha value is -3.48. The van der Waals surface area contributed by atoms with Crippen LogP contribution >= 0.6 is 0 Å². The summed E-state index contributed by atoms with van der Waals surface area (Å²) in [6.07, 6.45) is 1.80. The quantitative estimate of drug-likeness (QED) is 0.509. The normalized spacial score (nSPS) is 10.4. The van der Waals surface area contributed by atoms with E-state index in [0.29, 0.717) is 11.8 Å². The van der Waals surface area contributed by atoms with Gasteiger partial charge in [-0.05, 0) is 36.1 Å². The van der Waals surface area contributed by atoms with E-state index in [1.54, 1.807) is 12.1 Å². The van der Waals surface area contributed by atoms with Gasteiger partial charge in [-0.15, -0.1) is 0 Å². The van der Waals surface area contributed by atoms with Gasteiger partial charge in [0.2, 0.25) is 11.8 Å². The van der Waals surface area contributed by atoms with Crippen LogP contribution in [0.15, 0.2) is 54.6 Å². The predicted molar refractivity (Wildman–Crippen MR) is 137 cm³/mol. The summed E-state index contributed by atoms with van der Waals surface area (Å²) in [5, 5.41) is 7.29. The Morgan fingerprint density at radius 2 is 1.32 bits per heavy atom. The van der Waals surface area contributed by atoms with E-state index in [4.69, 9.17) is 0 Å². The lowest BCUT2D eigenvalue weighted by atomic mass is 10.0. The highest BCUT2D eigenvalue weighted by atomic mass is 16.2. The first-order valence-electron chi connectivity index (χ1n) is 11.6. The average Bonchev–Trinajstić information content (AvgIpc) is 2.81. The van der Waals surface area contributed by atoms with E-state index in [0.717, 1.165) is 17.0 Å². The molecule has 1 unspecified atom stereocenters. The fraction of sp³-hybridized carbons (Fsp3) is 0.407. The van der Waals surface area contributed by atoms with Gasteiger partial charge in [0, 0.05) is 5.56 Å². The van der Waals surface area contributed by atoms with Crippen molar-refractivity contribution in [1.29, 1.82) is 0 Å². The van der Waals surface area contributed by atoms with Gasteiger partial charge in [0.1, 0.15) is 12.3 Å². The van der Waals surface area contributed by atoms with Crippen molar-refractivity contribution in [2.45, 2.75) is 54.0 Å². The molecule has 7 heteroatoms. The van der Waals surface area contributed by atoms with Gasteiger partial charge in [0.15, 0.2) is 0 Å². The van der Waals surface area contributed by atoms with Crippen LogP contribution in [0.1, 0.15) is 58.3 Å². The van der Waals surface area contributed by atoms with E-state index in [-0.39, 0.29) is 19.0 Å². The fourth-order valence-corrected chi connectivity index (χ4v) is 2.36. The van der Waals surface area contributed by atoms with E-state index in [2.05, 4.69) is 50.6 Å². The van der Waals surface area contributed by atoms with Gasteiger partial charge in [-0.3, -0.25) is 14.4 Å². The third-order valence-corrected chi connectivity index (χ3v) is 3.79. The number of rotatable bonds is 8. The van der Waals surface area contributed by atoms with Crippen molar-refractivity contribution in [2.24, 2.45) is 5.92 Å². The summed E-state index contributed by atoms with van der Waals surface area (Å²) in [7, 11) is 0. The van der Waals surface area contributed by atoms with Crippen LogP contribution in [0, 0.1) is 5.92 Å². The smallest absolute Gasteiger partial charge is 0.251 e. The highest BCUT2D eigenvalue weighted by molar-refractivity contribution is 5.97. The lowest BCUT2D eigenvalue weighted by molar-refractivity contribution is -0.128. The molecular formula is C27H39N3O4. The van der Waals surface area contributed by atoms with Crippen molar-refractivity contribution < 1.29 is 19.2 Å². The van der Waals surface area contributed by atoms with Gasteiger partial charge < -0.3 is 20.7 Å². The van der Waals surface area contributed by atoms with Crippen LogP contribution in [0.5, 0.6) is 0 Å². The molecule has 0 saturated carbocycles. The van der Waals surface area contributed by atoms with Gasteiger partial charge in [-0.25, -0.2) is 0 Å². The van der Waals surface area contributed by atoms with Crippen LogP contribution in [0.25, 0.3) is 11.1 Å². The van der Waals surface area contributed by atoms with Crippen LogP contribution in [-0.4, -0.2) is 43.1 Å². The minimum absolute atomic E-state index is 0.116. The Kier molecular flexibility index (Phi) is 16.2. The highest BCUT2D eigenvalue weighted by Gasteiger charge is 2.15. The van der Waals surface area contributed by atoms with Crippen LogP contribution in [-0.2, 0) is 14.4 Å². The second kappa shape index (κ2) is 18.0. The summed E-state index contributed by atoms with van der Waals surface area (Å²) in [5.41, 5.74) is 2.46. The van der Waals surface area contributed by atoms with E-state index < -0.39 is 17.9 Å². The van der Waals surface area contributed by atoms with Crippen molar-refractivity contribution >= 4 is 24.0 Å². The lowest BCUT2D eigenvalue weighted by Crippen LogP contribution is -2.48. The van der Waals surface area contributed by atoms with Crippen molar-refractivity contribution in [3.05, 3.63) is 60.2 Å². The molecule has 186 valence electrons. The lowest BCUT2D eigenvalue weighted by Gasteiger charge is -2.13. The number of aldehydes is 1. The number of nitrogens with one attached hydrogen (secondary N) is 3. The van der Waals surface area contributed by atoms with Crippen LogP contribution in [0.2, 0.25) is 0 Å². The minimum Gasteiger partial charge on any atom is -0.348 e. The van der Waals surface area contributed by atoms with Crippen molar-refractivity contribution in [2.75, 3.05) is 13.1 Å². The summed E-state index contributed by atoms with van der Waals surface area (Å²) in [6.45, 7) is 11.9. The summed E-state index contributed by atoms with van der Waals surface area (Å²) in [6, 6.07) is 16.0. The summed E-state index contributed by atoms with van der Waals surface area (Å²) >= 11 is 0. The number of benzene rings is 2. The van der Waals surface area contributed by atoms with Crippen molar-refractivity contribution in [3.63, 3.8) is 0 Å². The molecule has 0 aromatic heterocycles. The molecule has 3 N–H and O–H groups in total. The Labute approximate surface area is 203 Å². The summed E-state index contributed by atoms with van der Waals surface area (Å²) < 4.78 is 0. The van der Waals surface area contributed by atoms with Gasteiger partial charge >= 0.3 is 0 Å². The maximum atomic E-state index is 12.1. The van der Waals surface area contributed by atoms with Crippen molar-refractivity contribution in [3.8, 4) is 11.1 Å².